The molecule has 45 heavy (non-hydrogen) atoms. The average molecular weight is 579 g/mol. The van der Waals surface area contributed by atoms with Gasteiger partial charge < -0.3 is 4.57 Å². The average Bonchev–Trinajstić information content (AvgIpc) is 3.54. The molecule has 7 rings (SSSR count). The van der Waals surface area contributed by atoms with E-state index in [1.807, 2.05) is 41.0 Å². The number of rotatable bonds is 3. The Bertz CT molecular complexity index is 2300. The fraction of sp³-hybridized carbons (Fsp3) is 0.0270. The van der Waals surface area contributed by atoms with Crippen LogP contribution in [-0.4, -0.2) is 28.3 Å². The highest BCUT2D eigenvalue weighted by atomic mass is 16.2. The highest BCUT2D eigenvalue weighted by Gasteiger charge is 2.36. The van der Waals surface area contributed by atoms with E-state index in [2.05, 4.69) is 24.3 Å². The van der Waals surface area contributed by atoms with Crippen LogP contribution in [0.4, 0.5) is 0 Å². The summed E-state index contributed by atoms with van der Waals surface area (Å²) in [5.74, 6) is -0.789. The van der Waals surface area contributed by atoms with E-state index >= 15 is 0 Å². The third-order valence-electron chi connectivity index (χ3n) is 8.16. The van der Waals surface area contributed by atoms with Crippen LogP contribution in [0.2, 0.25) is 0 Å². The minimum absolute atomic E-state index is 0.288. The molecule has 0 N–H and O–H groups in total. The predicted molar refractivity (Wildman–Crippen MR) is 167 cm³/mol. The van der Waals surface area contributed by atoms with Gasteiger partial charge in [0.2, 0.25) is 0 Å². The molecule has 0 saturated carbocycles. The molecule has 2 amide bonds. The zero-order valence-corrected chi connectivity index (χ0v) is 23.7. The molecule has 0 aliphatic carbocycles. The second-order valence-electron chi connectivity index (χ2n) is 10.6. The lowest BCUT2D eigenvalue weighted by Gasteiger charge is -2.12. The van der Waals surface area contributed by atoms with Gasteiger partial charge in [-0.1, -0.05) is 30.3 Å². The van der Waals surface area contributed by atoms with E-state index in [4.69, 9.17) is 0 Å². The molecule has 0 saturated heterocycles. The topological polar surface area (TPSA) is 137 Å². The summed E-state index contributed by atoms with van der Waals surface area (Å²) >= 11 is 0. The van der Waals surface area contributed by atoms with Gasteiger partial charge in [-0.2, -0.15) is 21.0 Å². The number of amides is 2. The number of aromatic nitrogens is 1. The Kier molecular flexibility index (Phi) is 6.01. The summed E-state index contributed by atoms with van der Waals surface area (Å²) < 4.78 is 1.94. The number of fused-ring (bicyclic) bond motifs is 4. The standard InChI is InChI=1S/C37H18N6O2/c1-42-36(44)29-7-4-10-32(35(29)37(42)45)43-30-8-2-5-27(25-13-21(17-38)11-22(14-25)18-39)33(30)34-28(6-3-9-31(34)43)26-15-23(19-40)12-24(16-26)20-41/h2-16H,1H3. The first-order valence-electron chi connectivity index (χ1n) is 13.8. The van der Waals surface area contributed by atoms with Crippen molar-refractivity contribution in [3.8, 4) is 52.2 Å². The zero-order valence-electron chi connectivity index (χ0n) is 23.7. The van der Waals surface area contributed by atoms with Crippen LogP contribution in [-0.2, 0) is 0 Å². The van der Waals surface area contributed by atoms with Gasteiger partial charge in [0.15, 0.2) is 0 Å². The van der Waals surface area contributed by atoms with Gasteiger partial charge in [-0.15, -0.1) is 0 Å². The van der Waals surface area contributed by atoms with Crippen molar-refractivity contribution in [2.24, 2.45) is 0 Å². The smallest absolute Gasteiger partial charge is 0.263 e. The van der Waals surface area contributed by atoms with E-state index in [0.717, 1.165) is 37.8 Å². The summed E-state index contributed by atoms with van der Waals surface area (Å²) in [5.41, 5.74) is 6.66. The van der Waals surface area contributed by atoms with Crippen molar-refractivity contribution in [3.05, 3.63) is 124 Å². The number of nitrogens with zero attached hydrogens (tertiary/aromatic N) is 6. The van der Waals surface area contributed by atoms with Crippen LogP contribution in [0, 0.1) is 45.3 Å². The highest BCUT2D eigenvalue weighted by molar-refractivity contribution is 6.25. The number of imide groups is 1. The lowest BCUT2D eigenvalue weighted by atomic mass is 9.92. The minimum Gasteiger partial charge on any atom is -0.308 e. The van der Waals surface area contributed by atoms with Crippen molar-refractivity contribution in [1.29, 1.82) is 21.0 Å². The molecule has 208 valence electrons. The monoisotopic (exact) mass is 578 g/mol. The summed E-state index contributed by atoms with van der Waals surface area (Å²) in [6.07, 6.45) is 0. The van der Waals surface area contributed by atoms with Crippen LogP contribution in [0.3, 0.4) is 0 Å². The first kappa shape index (κ1) is 26.9. The van der Waals surface area contributed by atoms with Gasteiger partial charge in [-0.25, -0.2) is 0 Å². The van der Waals surface area contributed by atoms with Gasteiger partial charge in [0.25, 0.3) is 11.8 Å². The molecule has 0 spiro atoms. The van der Waals surface area contributed by atoms with E-state index in [0.29, 0.717) is 44.6 Å². The van der Waals surface area contributed by atoms with Crippen LogP contribution in [0.25, 0.3) is 49.7 Å². The van der Waals surface area contributed by atoms with Crippen LogP contribution < -0.4 is 0 Å². The van der Waals surface area contributed by atoms with E-state index < -0.39 is 5.91 Å². The number of carbonyl (C=O) groups is 2. The Morgan fingerprint density at radius 3 is 1.40 bits per heavy atom. The Hall–Kier alpha value is -7.00. The molecule has 1 aromatic heterocycles. The first-order chi connectivity index (χ1) is 21.9. The lowest BCUT2D eigenvalue weighted by Crippen LogP contribution is -2.24. The molecule has 0 bridgehead atoms. The van der Waals surface area contributed by atoms with Crippen molar-refractivity contribution in [2.75, 3.05) is 7.05 Å². The maximum absolute atomic E-state index is 13.4. The van der Waals surface area contributed by atoms with E-state index in [9.17, 15) is 30.6 Å². The molecule has 8 heteroatoms. The van der Waals surface area contributed by atoms with Crippen LogP contribution in [0.5, 0.6) is 0 Å². The molecule has 1 aliphatic rings. The molecule has 6 aromatic rings. The predicted octanol–water partition coefficient (Wildman–Crippen LogP) is 6.83. The summed E-state index contributed by atoms with van der Waals surface area (Å²) in [6, 6.07) is 35.1. The minimum atomic E-state index is -0.409. The molecule has 8 nitrogen and oxygen atoms in total. The van der Waals surface area contributed by atoms with Crippen molar-refractivity contribution in [1.82, 2.24) is 9.47 Å². The molecule has 0 atom stereocenters. The van der Waals surface area contributed by atoms with E-state index in [1.165, 1.54) is 19.2 Å². The molecule has 2 heterocycles. The maximum atomic E-state index is 13.4. The highest BCUT2D eigenvalue weighted by Crippen LogP contribution is 2.44. The van der Waals surface area contributed by atoms with Crippen molar-refractivity contribution >= 4 is 33.6 Å². The quantitative estimate of drug-likeness (QED) is 0.211. The maximum Gasteiger partial charge on any atom is 0.263 e. The van der Waals surface area contributed by atoms with Crippen molar-refractivity contribution in [2.45, 2.75) is 0 Å². The Morgan fingerprint density at radius 2 is 0.956 bits per heavy atom. The second-order valence-corrected chi connectivity index (χ2v) is 10.6. The van der Waals surface area contributed by atoms with E-state index in [-0.39, 0.29) is 11.5 Å². The number of hydrogen-bond acceptors (Lipinski definition) is 6. The molecule has 5 aromatic carbocycles. The van der Waals surface area contributed by atoms with Crippen LogP contribution >= 0.6 is 0 Å². The van der Waals surface area contributed by atoms with Crippen LogP contribution in [0.15, 0.2) is 91.0 Å². The van der Waals surface area contributed by atoms with Crippen LogP contribution in [0.1, 0.15) is 43.0 Å². The number of hydrogen-bond donors (Lipinski definition) is 0. The van der Waals surface area contributed by atoms with Gasteiger partial charge in [0.1, 0.15) is 0 Å². The Balaban J connectivity index is 1.68. The largest absolute Gasteiger partial charge is 0.308 e. The fourth-order valence-corrected chi connectivity index (χ4v) is 6.24. The third-order valence-corrected chi connectivity index (χ3v) is 8.16. The number of nitriles is 4. The molecule has 0 fully saturated rings. The fourth-order valence-electron chi connectivity index (χ4n) is 6.24. The van der Waals surface area contributed by atoms with Crippen molar-refractivity contribution in [3.63, 3.8) is 0 Å². The summed E-state index contributed by atoms with van der Waals surface area (Å²) in [6.45, 7) is 0. The molecule has 0 radical (unpaired) electrons. The second kappa shape index (κ2) is 10.1. The third kappa shape index (κ3) is 3.96. The normalized spacial score (nSPS) is 12.1. The van der Waals surface area contributed by atoms with Gasteiger partial charge in [0.05, 0.1) is 74.4 Å². The number of carbonyl (C=O) groups excluding carboxylic acids is 2. The molecular weight excluding hydrogens is 560 g/mol. The molecular formula is C37H18N6O2. The summed E-state index contributed by atoms with van der Waals surface area (Å²) in [7, 11) is 1.46. The van der Waals surface area contributed by atoms with Gasteiger partial charge in [-0.3, -0.25) is 14.5 Å². The Morgan fingerprint density at radius 1 is 0.533 bits per heavy atom. The number of benzene rings is 5. The molecule has 0 unspecified atom stereocenters. The zero-order chi connectivity index (χ0) is 31.4. The Labute approximate surface area is 257 Å². The summed E-state index contributed by atoms with van der Waals surface area (Å²) in [5, 5.41) is 40.5. The van der Waals surface area contributed by atoms with Crippen molar-refractivity contribution < 1.29 is 9.59 Å². The summed E-state index contributed by atoms with van der Waals surface area (Å²) in [4.78, 5) is 27.5. The van der Waals surface area contributed by atoms with Gasteiger partial charge >= 0.3 is 0 Å². The lowest BCUT2D eigenvalue weighted by molar-refractivity contribution is 0.0693. The molecule has 1 aliphatic heterocycles. The van der Waals surface area contributed by atoms with Gasteiger partial charge in [-0.05, 0) is 82.9 Å². The van der Waals surface area contributed by atoms with E-state index in [1.54, 1.807) is 42.5 Å². The SMILES string of the molecule is CN1C(=O)c2cccc(-n3c4cccc(-c5cc(C#N)cc(C#N)c5)c4c4c(-c5cc(C#N)cc(C#N)c5)cccc43)c2C1=O. The van der Waals surface area contributed by atoms with Gasteiger partial charge in [0, 0.05) is 17.8 Å². The first-order valence-corrected chi connectivity index (χ1v) is 13.8.